The van der Waals surface area contributed by atoms with Crippen LogP contribution in [0.5, 0.6) is 0 Å². The SMILES string of the molecule is CC[C@H](C)[C@H](NC(=O)[C@H](Cc1cnc[nH]1)NC(=O)[C@@H]1CCCN1C(=O)[C@H](CC(N)=O)NC(=O)[C@H](CC(N)=O)NC(=O)[C@@H](NC(=O)[C@H](CC(N)=O)NC(=O)[C@H](CS)NC(=O)[C@H](C)NC(=O)[C@@H]1CCCN1C(=O)[C@H](Cc1cnc[nH]1)NC(=O)[C@H](CO)NC(=O)[C@H](CS)NC(=O)[C@H](CS)NC(=O)CN)C(C)C)C(=O)N[C@@H](CS)C(=O)O. The third-order valence-electron chi connectivity index (χ3n) is 18.0. The zero-order chi connectivity index (χ0) is 84.7. The first-order valence-corrected chi connectivity index (χ1v) is 38.2. The molecule has 2 fully saturated rings. The fraction of sp³-hybridized carbons (Fsp3) is 0.615. The summed E-state index contributed by atoms with van der Waals surface area (Å²) in [5, 5.41) is 50.9. The Morgan fingerprint density at radius 1 is 0.460 bits per heavy atom. The first-order chi connectivity index (χ1) is 53.4. The Balaban J connectivity index is 1.46. The number of aliphatic hydroxyl groups excluding tert-OH is 1. The highest BCUT2D eigenvalue weighted by molar-refractivity contribution is 7.80. The van der Waals surface area contributed by atoms with Gasteiger partial charge in [-0.25, -0.2) is 14.8 Å². The topological polar surface area (TPSA) is 689 Å². The van der Waals surface area contributed by atoms with E-state index in [1.165, 1.54) is 45.8 Å². The number of likely N-dealkylation sites (tertiary alicyclic amines) is 2. The molecule has 0 saturated carbocycles. The number of carboxylic acids is 1. The number of rotatable bonds is 47. The highest BCUT2D eigenvalue weighted by Gasteiger charge is 2.44. The lowest BCUT2D eigenvalue weighted by Crippen LogP contribution is -2.62. The number of nitrogens with one attached hydrogen (secondary N) is 15. The zero-order valence-electron chi connectivity index (χ0n) is 62.4. The van der Waals surface area contributed by atoms with Crippen molar-refractivity contribution in [2.75, 3.05) is 49.3 Å². The van der Waals surface area contributed by atoms with Gasteiger partial charge in [0.05, 0.1) is 45.1 Å². The van der Waals surface area contributed by atoms with E-state index in [0.717, 1.165) is 9.80 Å². The molecule has 626 valence electrons. The average Bonchev–Trinajstić information content (AvgIpc) is 1.72. The second-order valence-corrected chi connectivity index (χ2v) is 28.4. The lowest BCUT2D eigenvalue weighted by atomic mass is 9.97. The van der Waals surface area contributed by atoms with E-state index < -0.39 is 253 Å². The molecule has 48 heteroatoms. The van der Waals surface area contributed by atoms with E-state index in [2.05, 4.69) is 140 Å². The maximum absolute atomic E-state index is 14.5. The maximum atomic E-state index is 14.5. The number of hydrogen-bond donors (Lipinski definition) is 25. The van der Waals surface area contributed by atoms with Crippen molar-refractivity contribution in [3.63, 3.8) is 0 Å². The molecule has 0 aromatic carbocycles. The van der Waals surface area contributed by atoms with E-state index in [4.69, 9.17) is 22.9 Å². The predicted octanol–water partition coefficient (Wildman–Crippen LogP) is -10.7. The number of primary amides is 3. The third kappa shape index (κ3) is 29.3. The normalized spacial score (nSPS) is 17.6. The minimum atomic E-state index is -1.98. The molecule has 2 aliphatic rings. The molecule has 16 atom stereocenters. The number of nitrogens with two attached hydrogens (primary N) is 4. The molecular formula is C65H101N23O21S4. The number of aromatic amines is 2. The van der Waals surface area contributed by atoms with Crippen LogP contribution in [-0.4, -0.2) is 292 Å². The van der Waals surface area contributed by atoms with Crippen LogP contribution in [0.2, 0.25) is 0 Å². The number of carboxylic acid groups (broad SMARTS) is 1. The molecule has 25 N–H and O–H groups in total. The van der Waals surface area contributed by atoms with Gasteiger partial charge < -0.3 is 122 Å². The monoisotopic (exact) mass is 1670 g/mol. The first-order valence-electron chi connectivity index (χ1n) is 35.7. The minimum absolute atomic E-state index is 0.0281. The Hall–Kier alpha value is -10.3. The van der Waals surface area contributed by atoms with Crippen LogP contribution in [0.4, 0.5) is 0 Å². The van der Waals surface area contributed by atoms with E-state index in [1.54, 1.807) is 13.8 Å². The number of aliphatic carboxylic acids is 1. The number of aliphatic hydroxyl groups is 1. The van der Waals surface area contributed by atoms with Crippen molar-refractivity contribution in [2.45, 2.75) is 189 Å². The van der Waals surface area contributed by atoms with Gasteiger partial charge in [-0.1, -0.05) is 34.1 Å². The largest absolute Gasteiger partial charge is 0.480 e. The van der Waals surface area contributed by atoms with Crippen LogP contribution in [0, 0.1) is 11.8 Å². The fourth-order valence-corrected chi connectivity index (χ4v) is 12.7. The van der Waals surface area contributed by atoms with Gasteiger partial charge in [-0.05, 0) is 44.4 Å². The van der Waals surface area contributed by atoms with E-state index in [0.29, 0.717) is 17.8 Å². The van der Waals surface area contributed by atoms with Gasteiger partial charge in [0.15, 0.2) is 0 Å². The number of carbonyl (C=O) groups excluding carboxylic acids is 18. The van der Waals surface area contributed by atoms with Gasteiger partial charge in [0.25, 0.3) is 0 Å². The molecule has 0 spiro atoms. The Bertz CT molecular complexity index is 3730. The molecule has 2 aliphatic heterocycles. The van der Waals surface area contributed by atoms with E-state index >= 15 is 0 Å². The number of thiol groups is 4. The Labute approximate surface area is 669 Å². The fourth-order valence-electron chi connectivity index (χ4n) is 11.7. The zero-order valence-corrected chi connectivity index (χ0v) is 66.0. The molecule has 18 amide bonds. The van der Waals surface area contributed by atoms with E-state index in [1.807, 2.05) is 0 Å². The summed E-state index contributed by atoms with van der Waals surface area (Å²) in [5.41, 5.74) is 22.5. The number of aromatic nitrogens is 4. The lowest BCUT2D eigenvalue weighted by molar-refractivity contribution is -0.144. The summed E-state index contributed by atoms with van der Waals surface area (Å²) < 4.78 is 0. The van der Waals surface area contributed by atoms with Crippen molar-refractivity contribution in [1.29, 1.82) is 0 Å². The highest BCUT2D eigenvalue weighted by Crippen LogP contribution is 2.23. The number of hydrogen-bond acceptors (Lipinski definition) is 27. The van der Waals surface area contributed by atoms with Gasteiger partial charge in [0.2, 0.25) is 106 Å². The number of H-pyrrole nitrogens is 2. The molecule has 2 aromatic rings. The molecule has 113 heavy (non-hydrogen) atoms. The predicted molar refractivity (Wildman–Crippen MR) is 410 cm³/mol. The number of nitrogens with zero attached hydrogens (tertiary/aromatic N) is 4. The molecule has 2 aromatic heterocycles. The molecule has 0 aliphatic carbocycles. The summed E-state index contributed by atoms with van der Waals surface area (Å²) in [6, 6.07) is -23.3. The quantitative estimate of drug-likeness (QED) is 0.0274. The lowest BCUT2D eigenvalue weighted by Gasteiger charge is -2.31. The van der Waals surface area contributed by atoms with Gasteiger partial charge >= 0.3 is 5.97 Å². The van der Waals surface area contributed by atoms with Crippen molar-refractivity contribution >= 4 is 163 Å². The van der Waals surface area contributed by atoms with Crippen LogP contribution >= 0.6 is 50.5 Å². The highest BCUT2D eigenvalue weighted by atomic mass is 32.1. The van der Waals surface area contributed by atoms with Crippen molar-refractivity contribution in [1.82, 2.24) is 98.9 Å². The molecule has 4 heterocycles. The van der Waals surface area contributed by atoms with Crippen LogP contribution in [0.3, 0.4) is 0 Å². The van der Waals surface area contributed by atoms with Crippen LogP contribution in [0.1, 0.15) is 97.4 Å². The Kier molecular flexibility index (Phi) is 39.2. The van der Waals surface area contributed by atoms with Crippen molar-refractivity contribution in [3.05, 3.63) is 36.4 Å². The van der Waals surface area contributed by atoms with E-state index in [9.17, 15) is 101 Å². The van der Waals surface area contributed by atoms with Gasteiger partial charge in [-0.3, -0.25) is 86.3 Å². The third-order valence-corrected chi connectivity index (χ3v) is 19.5. The van der Waals surface area contributed by atoms with Crippen LogP contribution in [-0.2, 0) is 104 Å². The minimum Gasteiger partial charge on any atom is -0.480 e. The summed E-state index contributed by atoms with van der Waals surface area (Å²) in [6.45, 7) is 5.72. The molecule has 44 nitrogen and oxygen atoms in total. The first kappa shape index (κ1) is 95.0. The van der Waals surface area contributed by atoms with Crippen molar-refractivity contribution in [3.8, 4) is 0 Å². The second-order valence-electron chi connectivity index (χ2n) is 26.9. The summed E-state index contributed by atoms with van der Waals surface area (Å²) in [4.78, 5) is 272. The molecular weight excluding hydrogens is 1570 g/mol. The van der Waals surface area contributed by atoms with Crippen molar-refractivity contribution in [2.24, 2.45) is 34.8 Å². The Morgan fingerprint density at radius 3 is 1.27 bits per heavy atom. The van der Waals surface area contributed by atoms with Gasteiger partial charge in [0.1, 0.15) is 90.6 Å². The maximum Gasteiger partial charge on any atom is 0.327 e. The molecule has 0 unspecified atom stereocenters. The number of imidazole rings is 2. The second kappa shape index (κ2) is 46.6. The van der Waals surface area contributed by atoms with Crippen molar-refractivity contribution < 1.29 is 101 Å². The standard InChI is InChI=1S/C65H101N23O21S4/c1-6-29(4)50(62(105)84-42(25-113)65(108)109)86-53(96)33(13-31-19-70-26-72-31)77-60(103)44-10-8-12-88(44)64(107)37(17-47(69)92)80-52(95)34(15-45(67)90)78-61(104)49(28(2)3)85-54(97)35(16-46(68)91)76-57(100)40(23-111)82-51(94)30(5)74-59(102)43-9-7-11-87(43)63(106)36(14-32-20-71-27-73-32)79-55(98)38(21-89)81-58(101)41(24-112)83-56(99)39(22-110)75-48(93)18-66/h19-20,26-30,33-44,49-50,89,110-113H,6-18,21-25,66H2,1-5H3,(H2,67,90)(H2,68,91)(H2,69,92)(H,70,72)(H,71,73)(H,74,102)(H,75,93)(H,76,100)(H,77,103)(H,78,104)(H,79,98)(H,80,95)(H,81,101)(H,82,94)(H,83,99)(H,84,105)(H,85,97)(H,86,96)(H,108,109)/t29-,30-,33-,34-,35-,36-,37-,38-,39-,40-,41-,42-,43-,44-,49-,50-/m0/s1. The van der Waals surface area contributed by atoms with Crippen LogP contribution in [0.25, 0.3) is 0 Å². The van der Waals surface area contributed by atoms with Crippen LogP contribution < -0.4 is 92.1 Å². The molecule has 4 rings (SSSR count). The number of carbonyl (C=O) groups is 19. The smallest absolute Gasteiger partial charge is 0.327 e. The average molecular weight is 1670 g/mol. The summed E-state index contributed by atoms with van der Waals surface area (Å²) in [7, 11) is 0. The molecule has 2 saturated heterocycles. The van der Waals surface area contributed by atoms with Crippen LogP contribution in [0.15, 0.2) is 25.0 Å². The number of amides is 18. The summed E-state index contributed by atoms with van der Waals surface area (Å²) >= 11 is 16.3. The molecule has 0 radical (unpaired) electrons. The van der Waals surface area contributed by atoms with Gasteiger partial charge in [-0.2, -0.15) is 50.5 Å². The van der Waals surface area contributed by atoms with Gasteiger partial charge in [-0.15, -0.1) is 0 Å². The van der Waals surface area contributed by atoms with E-state index in [-0.39, 0.29) is 68.9 Å². The van der Waals surface area contributed by atoms with Gasteiger partial charge in [0, 0.05) is 72.7 Å². The Morgan fingerprint density at radius 2 is 0.823 bits per heavy atom. The molecule has 0 bridgehead atoms. The summed E-state index contributed by atoms with van der Waals surface area (Å²) in [5.74, 6) is -22.7. The summed E-state index contributed by atoms with van der Waals surface area (Å²) in [6.07, 6.45) is 2.70.